The van der Waals surface area contributed by atoms with Gasteiger partial charge in [0.2, 0.25) is 0 Å². The van der Waals surface area contributed by atoms with E-state index >= 15 is 0 Å². The summed E-state index contributed by atoms with van der Waals surface area (Å²) in [6.45, 7) is 14.2. The van der Waals surface area contributed by atoms with Crippen molar-refractivity contribution in [1.29, 1.82) is 0 Å². The van der Waals surface area contributed by atoms with Gasteiger partial charge < -0.3 is 4.90 Å². The molecule has 3 rings (SSSR count). The molecule has 1 aromatic carbocycles. The Bertz CT molecular complexity index is 734. The van der Waals surface area contributed by atoms with Crippen LogP contribution in [0.15, 0.2) is 53.6 Å². The van der Waals surface area contributed by atoms with Crippen molar-refractivity contribution in [3.63, 3.8) is 0 Å². The molecule has 0 aromatic heterocycles. The Morgan fingerprint density at radius 3 is 2.67 bits per heavy atom. The van der Waals surface area contributed by atoms with Crippen molar-refractivity contribution in [2.24, 2.45) is 16.8 Å². The maximum Gasteiger partial charge on any atom is 0.113 e. The molecule has 0 saturated carbocycles. The molecule has 0 N–H and O–H groups in total. The maximum absolute atomic E-state index is 5.06. The van der Waals surface area contributed by atoms with Crippen molar-refractivity contribution in [2.75, 3.05) is 6.54 Å². The van der Waals surface area contributed by atoms with E-state index in [0.717, 1.165) is 42.2 Å². The minimum absolute atomic E-state index is 0.392. The first-order valence-electron chi connectivity index (χ1n) is 8.99. The molecular weight excluding hydrogens is 292 g/mol. The van der Waals surface area contributed by atoms with Crippen LogP contribution >= 0.6 is 0 Å². The number of allylic oxidation sites excluding steroid dienone is 2. The zero-order valence-corrected chi connectivity index (χ0v) is 15.3. The lowest BCUT2D eigenvalue weighted by Gasteiger charge is -2.37. The molecule has 1 unspecified atom stereocenters. The second kappa shape index (κ2) is 6.80. The Balaban J connectivity index is 2.02. The molecule has 1 aromatic rings. The summed E-state index contributed by atoms with van der Waals surface area (Å²) in [7, 11) is 0. The monoisotopic (exact) mass is 320 g/mol. The highest BCUT2D eigenvalue weighted by Gasteiger charge is 2.28. The number of amidine groups is 1. The van der Waals surface area contributed by atoms with Crippen LogP contribution < -0.4 is 0 Å². The topological polar surface area (TPSA) is 15.6 Å². The van der Waals surface area contributed by atoms with Crippen LogP contribution in [0.1, 0.15) is 44.7 Å². The average Bonchev–Trinajstić information content (AvgIpc) is 2.57. The molecule has 0 bridgehead atoms. The molecule has 0 fully saturated rings. The molecule has 0 spiro atoms. The van der Waals surface area contributed by atoms with E-state index in [2.05, 4.69) is 75.6 Å². The molecule has 2 heteroatoms. The highest BCUT2D eigenvalue weighted by Crippen LogP contribution is 2.37. The quantitative estimate of drug-likeness (QED) is 0.676. The van der Waals surface area contributed by atoms with E-state index in [1.807, 2.05) is 0 Å². The van der Waals surface area contributed by atoms with Gasteiger partial charge in [-0.1, -0.05) is 57.7 Å². The van der Waals surface area contributed by atoms with E-state index in [9.17, 15) is 0 Å². The number of rotatable bonds is 4. The minimum Gasteiger partial charge on any atom is -0.325 e. The highest BCUT2D eigenvalue weighted by atomic mass is 15.2. The van der Waals surface area contributed by atoms with Gasteiger partial charge in [0.1, 0.15) is 5.84 Å². The third kappa shape index (κ3) is 3.24. The predicted molar refractivity (Wildman–Crippen MR) is 104 cm³/mol. The first-order valence-corrected chi connectivity index (χ1v) is 8.99. The number of nitrogens with zero attached hydrogens (tertiary/aromatic N) is 2. The molecule has 24 heavy (non-hydrogen) atoms. The molecule has 0 radical (unpaired) electrons. The molecule has 1 aliphatic carbocycles. The average molecular weight is 320 g/mol. The molecule has 1 aliphatic heterocycles. The molecule has 0 amide bonds. The van der Waals surface area contributed by atoms with Crippen LogP contribution in [0.4, 0.5) is 5.69 Å². The Morgan fingerprint density at radius 1 is 1.21 bits per heavy atom. The van der Waals surface area contributed by atoms with Crippen molar-refractivity contribution in [2.45, 2.75) is 40.5 Å². The van der Waals surface area contributed by atoms with Gasteiger partial charge in [0.05, 0.1) is 5.69 Å². The summed E-state index contributed by atoms with van der Waals surface area (Å²) in [5.74, 6) is 2.08. The van der Waals surface area contributed by atoms with Crippen LogP contribution in [0.25, 0.3) is 5.70 Å². The van der Waals surface area contributed by atoms with Gasteiger partial charge in [-0.15, -0.1) is 0 Å². The van der Waals surface area contributed by atoms with Crippen LogP contribution in [0, 0.1) is 18.8 Å². The van der Waals surface area contributed by atoms with Gasteiger partial charge in [0.15, 0.2) is 0 Å². The minimum atomic E-state index is 0.392. The zero-order valence-electron chi connectivity index (χ0n) is 15.3. The number of fused-ring (bicyclic) bond motifs is 1. The van der Waals surface area contributed by atoms with Gasteiger partial charge in [0.25, 0.3) is 0 Å². The third-order valence-electron chi connectivity index (χ3n) is 5.12. The lowest BCUT2D eigenvalue weighted by Crippen LogP contribution is -2.38. The molecule has 1 heterocycles. The Kier molecular flexibility index (Phi) is 4.75. The van der Waals surface area contributed by atoms with Gasteiger partial charge in [0, 0.05) is 23.7 Å². The standard InChI is InChI=1S/C22H28N2/c1-15(2)17(4)22-23-21-13-16(3)11-12-20(21)18(5)24(22)14-19-9-7-6-8-10-19/h7,9-13,15,17H,5-6,8,14H2,1-4H3. The Hall–Kier alpha value is -2.09. The largest absolute Gasteiger partial charge is 0.325 e. The summed E-state index contributed by atoms with van der Waals surface area (Å²) in [6, 6.07) is 6.48. The summed E-state index contributed by atoms with van der Waals surface area (Å²) in [5, 5.41) is 0. The number of hydrogen-bond acceptors (Lipinski definition) is 2. The van der Waals surface area contributed by atoms with Crippen molar-refractivity contribution in [1.82, 2.24) is 4.90 Å². The summed E-state index contributed by atoms with van der Waals surface area (Å²) in [6.07, 6.45) is 9.14. The summed E-state index contributed by atoms with van der Waals surface area (Å²) >= 11 is 0. The Labute approximate surface area is 146 Å². The van der Waals surface area contributed by atoms with E-state index < -0.39 is 0 Å². The Morgan fingerprint density at radius 2 is 2.00 bits per heavy atom. The summed E-state index contributed by atoms with van der Waals surface area (Å²) in [4.78, 5) is 7.38. The van der Waals surface area contributed by atoms with Crippen LogP contribution in [0.3, 0.4) is 0 Å². The number of aliphatic imine (C=N–C) groups is 1. The fraction of sp³-hybridized carbons (Fsp3) is 0.409. The van der Waals surface area contributed by atoms with Crippen molar-refractivity contribution in [3.8, 4) is 0 Å². The van der Waals surface area contributed by atoms with Crippen LogP contribution in [0.5, 0.6) is 0 Å². The molecule has 2 nitrogen and oxygen atoms in total. The van der Waals surface area contributed by atoms with E-state index in [0.29, 0.717) is 11.8 Å². The first-order chi connectivity index (χ1) is 11.5. The molecule has 0 saturated heterocycles. The molecule has 2 aliphatic rings. The lowest BCUT2D eigenvalue weighted by molar-refractivity contribution is 0.475. The fourth-order valence-electron chi connectivity index (χ4n) is 3.24. The number of aryl methyl sites for hydroxylation is 1. The van der Waals surface area contributed by atoms with Gasteiger partial charge in [-0.25, -0.2) is 4.99 Å². The van der Waals surface area contributed by atoms with Crippen LogP contribution in [0.2, 0.25) is 0 Å². The first kappa shape index (κ1) is 16.8. The predicted octanol–water partition coefficient (Wildman–Crippen LogP) is 5.88. The number of hydrogen-bond donors (Lipinski definition) is 0. The molecular formula is C22H28N2. The van der Waals surface area contributed by atoms with Crippen LogP contribution in [-0.2, 0) is 0 Å². The second-order valence-electron chi connectivity index (χ2n) is 7.31. The van der Waals surface area contributed by atoms with Gasteiger partial charge in [-0.3, -0.25) is 0 Å². The molecule has 126 valence electrons. The molecule has 1 atom stereocenters. The van der Waals surface area contributed by atoms with Gasteiger partial charge in [-0.2, -0.15) is 0 Å². The van der Waals surface area contributed by atoms with Crippen molar-refractivity contribution >= 4 is 17.2 Å². The van der Waals surface area contributed by atoms with Crippen molar-refractivity contribution in [3.05, 3.63) is 59.7 Å². The van der Waals surface area contributed by atoms with Gasteiger partial charge in [-0.05, 0) is 42.9 Å². The summed E-state index contributed by atoms with van der Waals surface area (Å²) in [5.41, 5.74) is 5.89. The zero-order chi connectivity index (χ0) is 17.3. The second-order valence-corrected chi connectivity index (χ2v) is 7.31. The van der Waals surface area contributed by atoms with E-state index in [1.54, 1.807) is 0 Å². The SMILES string of the molecule is C=C1c2ccc(C)cc2N=C(C(C)C(C)C)N1CC1=CCCC=C1. The van der Waals surface area contributed by atoms with E-state index in [4.69, 9.17) is 4.99 Å². The maximum atomic E-state index is 5.06. The third-order valence-corrected chi connectivity index (χ3v) is 5.12. The fourth-order valence-corrected chi connectivity index (χ4v) is 3.24. The van der Waals surface area contributed by atoms with E-state index in [1.165, 1.54) is 11.1 Å². The summed E-state index contributed by atoms with van der Waals surface area (Å²) < 4.78 is 0. The van der Waals surface area contributed by atoms with Gasteiger partial charge >= 0.3 is 0 Å². The van der Waals surface area contributed by atoms with Crippen LogP contribution in [-0.4, -0.2) is 17.3 Å². The normalized spacial score (nSPS) is 18.4. The number of benzene rings is 1. The van der Waals surface area contributed by atoms with Crippen molar-refractivity contribution < 1.29 is 0 Å². The highest BCUT2D eigenvalue weighted by molar-refractivity contribution is 5.99. The van der Waals surface area contributed by atoms with E-state index in [-0.39, 0.29) is 0 Å². The lowest BCUT2D eigenvalue weighted by atomic mass is 9.92. The smallest absolute Gasteiger partial charge is 0.113 e.